The number of aliphatic hydroxyl groups excluding tert-OH is 3. The first-order chi connectivity index (χ1) is 52.9. The lowest BCUT2D eigenvalue weighted by molar-refractivity contribution is -0.167. The molecule has 13 rings (SSSR count). The van der Waals surface area contributed by atoms with Crippen molar-refractivity contribution in [2.75, 3.05) is 36.9 Å². The summed E-state index contributed by atoms with van der Waals surface area (Å²) in [5, 5.41) is 48.9. The molecule has 0 spiro atoms. The summed E-state index contributed by atoms with van der Waals surface area (Å²) in [6.07, 6.45) is 28.4. The highest BCUT2D eigenvalue weighted by Gasteiger charge is 2.67. The largest absolute Gasteiger partial charge is 0.393 e. The normalized spacial score (nSPS) is 41.7. The second kappa shape index (κ2) is 35.8. The second-order valence-corrected chi connectivity index (χ2v) is 45.3. The molecular weight excluding hydrogens is 1500 g/mol. The van der Waals surface area contributed by atoms with Crippen LogP contribution in [0.15, 0.2) is 30.3 Å². The molecule has 12 aliphatic rings. The van der Waals surface area contributed by atoms with Crippen LogP contribution in [0.1, 0.15) is 272 Å². The van der Waals surface area contributed by atoms with Gasteiger partial charge in [-0.05, 0) is 325 Å². The minimum Gasteiger partial charge on any atom is -0.393 e. The molecule has 642 valence electrons. The van der Waals surface area contributed by atoms with E-state index in [1.165, 1.54) is 32.1 Å². The minimum absolute atomic E-state index is 0.00595. The first-order valence-electron chi connectivity index (χ1n) is 44.0. The summed E-state index contributed by atoms with van der Waals surface area (Å²) in [4.78, 5) is 61.3. The number of aliphatic hydroxyl groups is 3. The fraction of sp³-hybridized carbons (Fsp3) is 0.874. The Balaban J connectivity index is 0.000000168. The summed E-state index contributed by atoms with van der Waals surface area (Å²) in [5.74, 6) is 6.41. The Morgan fingerprint density at radius 1 is 0.416 bits per heavy atom. The number of carbonyl (C=O) groups excluding carboxylic acids is 5. The highest BCUT2D eigenvalue weighted by molar-refractivity contribution is 7.86. The van der Waals surface area contributed by atoms with Gasteiger partial charge in [-0.1, -0.05) is 80.5 Å². The van der Waals surface area contributed by atoms with Gasteiger partial charge in [-0.25, -0.2) is 0 Å². The van der Waals surface area contributed by atoms with Gasteiger partial charge in [0.05, 0.1) is 35.6 Å². The van der Waals surface area contributed by atoms with Gasteiger partial charge in [0.1, 0.15) is 0 Å². The molecule has 23 nitrogen and oxygen atoms in total. The molecule has 0 saturated heterocycles. The van der Waals surface area contributed by atoms with Crippen molar-refractivity contribution in [3.8, 4) is 0 Å². The highest BCUT2D eigenvalue weighted by Crippen LogP contribution is 2.72. The number of fused-ring (bicyclic) bond motifs is 15. The fourth-order valence-electron chi connectivity index (χ4n) is 28.9. The second-order valence-electron chi connectivity index (χ2n) is 40.5. The average Bonchev–Trinajstić information content (AvgIpc) is 1.70. The topological polar surface area (TPSA) is 395 Å². The van der Waals surface area contributed by atoms with Gasteiger partial charge in [0.15, 0.2) is 0 Å². The predicted octanol–water partition coefficient (Wildman–Crippen LogP) is 11.7. The molecule has 13 N–H and O–H groups in total. The molecule has 1 aromatic carbocycles. The number of benzene rings is 1. The van der Waals surface area contributed by atoms with E-state index in [-0.39, 0.29) is 113 Å². The first kappa shape index (κ1) is 89.9. The number of hydrogen-bond donors (Lipinski definition) is 12. The molecular formula is C87H144N6O17S3. The number of amides is 5. The van der Waals surface area contributed by atoms with Crippen molar-refractivity contribution in [2.24, 2.45) is 145 Å². The van der Waals surface area contributed by atoms with Gasteiger partial charge in [-0.2, -0.15) is 25.3 Å². The smallest absolute Gasteiger partial charge is 0.266 e. The van der Waals surface area contributed by atoms with Crippen LogP contribution in [0, 0.1) is 139 Å². The summed E-state index contributed by atoms with van der Waals surface area (Å²) < 4.78 is 91.8. The molecule has 0 aliphatic heterocycles. The standard InChI is InChI=1S/C33H50N2O6S.C28H48N2O6S.C26H46N2O5S/c1-21(9-12-29(37)34-17-18-42(39,40)41)25-10-11-26-30-27(14-16-33(25,26)3)32(2)15-13-24(19-23(32)20-28(30)36)35-31(38)22-7-5-4-6-8-22;1-17(5-8-25(33)29-13-14-37(34,35)36)21-6-7-22-26-23(10-12-28(21,22)4)27(3)11-9-20(30-18(2)31)15-19(27)16-24(26)32;1-16(4-7-23(30)28-12-13-34(31,32)33)19-5-6-20-24-21(9-11-26(19,20)3)25(2)10-8-18(27)14-17(25)15-22(24)29/h4-8,21,23-28,30,36H,9-20H2,1-3H3,(H,34,37)(H,35,38)(H,39,40,41);17,19-24,26,32H,5-16H2,1-4H3,(H,29,33)(H,30,31)(H,34,35,36);16-22,24,29H,4-15,27H2,1-3H3,(H,28,30)(H,31,32,33)/t21-,23?,24-,25-,26+,27+,28+,30+,32+,33-;17-,19?,20-,21-,22+,23+,24+,26+,27+,28-;16-,17?,18-,19-,20+,21+,22+,24+,25+,26-/m111/s1. The molecule has 113 heavy (non-hydrogen) atoms. The lowest BCUT2D eigenvalue weighted by Crippen LogP contribution is -2.59. The van der Waals surface area contributed by atoms with Crippen LogP contribution in [0.2, 0.25) is 0 Å². The van der Waals surface area contributed by atoms with Crippen LogP contribution in [0.3, 0.4) is 0 Å². The Morgan fingerprint density at radius 3 is 1.04 bits per heavy atom. The van der Waals surface area contributed by atoms with Crippen molar-refractivity contribution in [3.05, 3.63) is 35.9 Å². The van der Waals surface area contributed by atoms with Gasteiger partial charge in [0.2, 0.25) is 23.6 Å². The molecule has 12 fully saturated rings. The van der Waals surface area contributed by atoms with E-state index >= 15 is 0 Å². The molecule has 0 bridgehead atoms. The van der Waals surface area contributed by atoms with Gasteiger partial charge in [-0.3, -0.25) is 37.6 Å². The van der Waals surface area contributed by atoms with Crippen molar-refractivity contribution in [1.82, 2.24) is 26.6 Å². The van der Waals surface area contributed by atoms with E-state index in [2.05, 4.69) is 88.9 Å². The number of nitrogens with one attached hydrogen (secondary N) is 5. The first-order valence-corrected chi connectivity index (χ1v) is 48.8. The van der Waals surface area contributed by atoms with Crippen molar-refractivity contribution >= 4 is 59.9 Å². The number of carbonyl (C=O) groups is 5. The van der Waals surface area contributed by atoms with Gasteiger partial charge >= 0.3 is 0 Å². The van der Waals surface area contributed by atoms with Gasteiger partial charge in [0.25, 0.3) is 36.3 Å². The van der Waals surface area contributed by atoms with Crippen LogP contribution in [0.4, 0.5) is 0 Å². The van der Waals surface area contributed by atoms with E-state index in [9.17, 15) is 64.5 Å². The van der Waals surface area contributed by atoms with Crippen molar-refractivity contribution in [1.29, 1.82) is 0 Å². The molecule has 26 heteroatoms. The van der Waals surface area contributed by atoms with E-state index in [1.807, 2.05) is 30.3 Å². The quantitative estimate of drug-likeness (QED) is 0.0428. The van der Waals surface area contributed by atoms with Gasteiger partial charge < -0.3 is 47.6 Å². The van der Waals surface area contributed by atoms with Crippen LogP contribution >= 0.6 is 0 Å². The minimum atomic E-state index is -4.08. The van der Waals surface area contributed by atoms with Crippen LogP contribution in [0.5, 0.6) is 0 Å². The Bertz CT molecular complexity index is 3840. The molecule has 12 aliphatic carbocycles. The van der Waals surface area contributed by atoms with Crippen LogP contribution in [0.25, 0.3) is 0 Å². The molecule has 1 aromatic rings. The molecule has 30 atom stereocenters. The molecule has 0 aromatic heterocycles. The number of nitrogens with two attached hydrogens (primary N) is 1. The van der Waals surface area contributed by atoms with Gasteiger partial charge in [-0.15, -0.1) is 0 Å². The monoisotopic (exact) mass is 1640 g/mol. The third kappa shape index (κ3) is 19.9. The summed E-state index contributed by atoms with van der Waals surface area (Å²) in [6, 6.07) is 10.1. The predicted molar refractivity (Wildman–Crippen MR) is 437 cm³/mol. The highest BCUT2D eigenvalue weighted by atomic mass is 32.2. The molecule has 3 unspecified atom stereocenters. The zero-order chi connectivity index (χ0) is 82.3. The summed E-state index contributed by atoms with van der Waals surface area (Å²) in [6.45, 7) is 22.9. The Morgan fingerprint density at radius 2 is 0.717 bits per heavy atom. The molecule has 12 saturated carbocycles. The third-order valence-electron chi connectivity index (χ3n) is 34.7. The van der Waals surface area contributed by atoms with E-state index in [1.54, 1.807) is 6.92 Å². The zero-order valence-electron chi connectivity index (χ0n) is 69.7. The third-order valence-corrected chi connectivity index (χ3v) is 36.8. The Hall–Kier alpha value is -3.86. The lowest BCUT2D eigenvalue weighted by atomic mass is 9.43. The molecule has 0 heterocycles. The summed E-state index contributed by atoms with van der Waals surface area (Å²) in [5.41, 5.74) is 8.26. The van der Waals surface area contributed by atoms with Crippen molar-refractivity contribution < 1.29 is 78.2 Å². The summed E-state index contributed by atoms with van der Waals surface area (Å²) in [7, 11) is -12.2. The van der Waals surface area contributed by atoms with Crippen molar-refractivity contribution in [3.63, 3.8) is 0 Å². The molecule has 5 amide bonds. The van der Waals surface area contributed by atoms with Crippen LogP contribution in [-0.4, -0.2) is 157 Å². The summed E-state index contributed by atoms with van der Waals surface area (Å²) >= 11 is 0. The van der Waals surface area contributed by atoms with E-state index in [0.29, 0.717) is 137 Å². The van der Waals surface area contributed by atoms with Crippen LogP contribution in [-0.2, 0) is 49.5 Å². The zero-order valence-corrected chi connectivity index (χ0v) is 72.1. The maximum absolute atomic E-state index is 12.8. The van der Waals surface area contributed by atoms with E-state index in [0.717, 1.165) is 141 Å². The maximum atomic E-state index is 12.8. The maximum Gasteiger partial charge on any atom is 0.266 e. The van der Waals surface area contributed by atoms with E-state index < -0.39 is 47.6 Å². The number of hydrogen-bond acceptors (Lipinski definition) is 15. The lowest BCUT2D eigenvalue weighted by Gasteiger charge is -2.62. The van der Waals surface area contributed by atoms with Gasteiger partial charge in [0, 0.05) is 69.5 Å². The fourth-order valence-corrected chi connectivity index (χ4v) is 30.0. The average molecular weight is 1640 g/mol. The van der Waals surface area contributed by atoms with Crippen molar-refractivity contribution in [2.45, 2.75) is 298 Å². The SMILES string of the molecule is CC(=O)N[C@@H]1CC[C@@]2(C)C(C1)C[C@H](O)[C@H]1[C@@H]3CC[C@H]([C@H](C)CCC(=O)NCCS(=O)(=O)O)[C@@]3(C)CC[C@@H]12.C[C@H](CCC(=O)NCCS(=O)(=O)O)[C@H]1CC[C@H]2[C@@H]3[C@@H](O)CC4C[C@H](N)CC[C@]4(C)[C@H]3CC[C@]12C.C[C@H](CCC(=O)NCCS(=O)(=O)O)[C@H]1CC[C@H]2[C@@H]3[C@@H](O)CC4C[C@H](NC(=O)c5ccccc5)CC[C@]4(C)[C@H]3CC[C@]12C. The Kier molecular flexibility index (Phi) is 28.5. The number of rotatable bonds is 24. The van der Waals surface area contributed by atoms with Crippen LogP contribution < -0.4 is 32.3 Å². The van der Waals surface area contributed by atoms with E-state index in [4.69, 9.17) is 19.4 Å². The molecule has 0 radical (unpaired) electrons. The Labute approximate surface area is 676 Å².